The van der Waals surface area contributed by atoms with Crippen molar-refractivity contribution in [2.45, 2.75) is 46.0 Å². The molecule has 1 aliphatic rings. The molecule has 1 unspecified atom stereocenters. The van der Waals surface area contributed by atoms with Crippen molar-refractivity contribution in [3.63, 3.8) is 0 Å². The van der Waals surface area contributed by atoms with Crippen LogP contribution in [0.5, 0.6) is 0 Å². The Morgan fingerprint density at radius 3 is 2.57 bits per heavy atom. The summed E-state index contributed by atoms with van der Waals surface area (Å²) in [5.74, 6) is -0.388. The number of alkyl halides is 3. The van der Waals surface area contributed by atoms with Gasteiger partial charge in [0.1, 0.15) is 5.52 Å². The van der Waals surface area contributed by atoms with E-state index in [0.29, 0.717) is 33.8 Å². The Labute approximate surface area is 245 Å². The summed E-state index contributed by atoms with van der Waals surface area (Å²) >= 11 is 2.92. The largest absolute Gasteiger partial charge is 0.417 e. The number of aryl methyl sites for hydroxylation is 3. The van der Waals surface area contributed by atoms with Crippen LogP contribution in [0.3, 0.4) is 0 Å². The van der Waals surface area contributed by atoms with E-state index in [0.717, 1.165) is 11.8 Å². The van der Waals surface area contributed by atoms with Gasteiger partial charge in [0.2, 0.25) is 5.95 Å². The van der Waals surface area contributed by atoms with E-state index >= 15 is 0 Å². The van der Waals surface area contributed by atoms with Gasteiger partial charge in [-0.1, -0.05) is 15.9 Å². The number of nitrogens with zero attached hydrogens (tertiary/aromatic N) is 8. The van der Waals surface area contributed by atoms with Crippen molar-refractivity contribution >= 4 is 33.0 Å². The standard InChI is InChI=1S/C28H24BrF3N8O2/c1-14-7-16(3)40(36-14)27-35-23-12-38(25(41)17-5-6-21(29)20(9-17)28(30,31)32)15(2)8-19(23)26(42)39(27)18-10-22-24(33-11-18)37(4)13-34-22/h5-7,9-11,13,15H,8,12H2,1-4H3. The lowest BCUT2D eigenvalue weighted by atomic mass is 9.98. The number of pyridine rings is 1. The van der Waals surface area contributed by atoms with E-state index in [1.165, 1.54) is 21.6 Å². The van der Waals surface area contributed by atoms with Gasteiger partial charge in [-0.25, -0.2) is 24.2 Å². The fourth-order valence-corrected chi connectivity index (χ4v) is 5.76. The number of halogens is 4. The zero-order valence-electron chi connectivity index (χ0n) is 22.9. The second-order valence-corrected chi connectivity index (χ2v) is 11.2. The smallest absolute Gasteiger partial charge is 0.330 e. The Morgan fingerprint density at radius 2 is 1.88 bits per heavy atom. The van der Waals surface area contributed by atoms with Gasteiger partial charge in [0.25, 0.3) is 11.5 Å². The van der Waals surface area contributed by atoms with Crippen LogP contribution >= 0.6 is 15.9 Å². The number of aromatic nitrogens is 7. The van der Waals surface area contributed by atoms with Crippen LogP contribution in [0.25, 0.3) is 22.8 Å². The van der Waals surface area contributed by atoms with Crippen LogP contribution in [-0.4, -0.2) is 50.7 Å². The first-order valence-electron chi connectivity index (χ1n) is 13.0. The van der Waals surface area contributed by atoms with Gasteiger partial charge in [0.15, 0.2) is 5.65 Å². The molecule has 4 aromatic heterocycles. The minimum absolute atomic E-state index is 0.0628. The monoisotopic (exact) mass is 640 g/mol. The van der Waals surface area contributed by atoms with Crippen LogP contribution in [0.15, 0.2) is 52.1 Å². The number of rotatable bonds is 3. The average molecular weight is 641 g/mol. The SMILES string of the molecule is Cc1cc(C)n(-c2nc3c(c(=O)n2-c2cnc4c(c2)ncn4C)CC(C)N(C(=O)c2ccc(Br)c(C(F)(F)F)c2)C3)n1. The number of carbonyl (C=O) groups excluding carboxylic acids is 1. The summed E-state index contributed by atoms with van der Waals surface area (Å²) in [6.45, 7) is 5.35. The van der Waals surface area contributed by atoms with Gasteiger partial charge in [-0.2, -0.15) is 18.3 Å². The lowest BCUT2D eigenvalue weighted by Gasteiger charge is -2.34. The molecule has 0 N–H and O–H groups in total. The average Bonchev–Trinajstić information content (AvgIpc) is 3.47. The first-order valence-corrected chi connectivity index (χ1v) is 13.8. The van der Waals surface area contributed by atoms with Gasteiger partial charge < -0.3 is 9.47 Å². The number of imidazole rings is 1. The summed E-state index contributed by atoms with van der Waals surface area (Å²) in [7, 11) is 1.82. The van der Waals surface area contributed by atoms with Crippen LogP contribution in [0.4, 0.5) is 13.2 Å². The molecular weight excluding hydrogens is 617 g/mol. The first-order chi connectivity index (χ1) is 19.8. The maximum atomic E-state index is 14.1. The quantitative estimate of drug-likeness (QED) is 0.284. The molecule has 0 fully saturated rings. The molecule has 10 nitrogen and oxygen atoms in total. The highest BCUT2D eigenvalue weighted by Crippen LogP contribution is 2.36. The molecule has 0 saturated carbocycles. The van der Waals surface area contributed by atoms with Gasteiger partial charge in [-0.05, 0) is 57.5 Å². The molecule has 0 bridgehead atoms. The number of amides is 1. The van der Waals surface area contributed by atoms with Gasteiger partial charge in [0, 0.05) is 34.4 Å². The minimum Gasteiger partial charge on any atom is -0.330 e. The number of hydrogen-bond acceptors (Lipinski definition) is 6. The van der Waals surface area contributed by atoms with Gasteiger partial charge >= 0.3 is 6.18 Å². The van der Waals surface area contributed by atoms with Gasteiger partial charge in [0.05, 0.1) is 41.7 Å². The van der Waals surface area contributed by atoms with E-state index in [1.807, 2.05) is 27.0 Å². The van der Waals surface area contributed by atoms with Crippen molar-refractivity contribution in [2.75, 3.05) is 0 Å². The van der Waals surface area contributed by atoms with E-state index < -0.39 is 23.7 Å². The highest BCUT2D eigenvalue weighted by atomic mass is 79.9. The third-order valence-electron chi connectivity index (χ3n) is 7.37. The van der Waals surface area contributed by atoms with Crippen molar-refractivity contribution in [1.29, 1.82) is 0 Å². The molecule has 216 valence electrons. The van der Waals surface area contributed by atoms with Crippen LogP contribution in [0.1, 0.15) is 45.5 Å². The predicted molar refractivity (Wildman–Crippen MR) is 151 cm³/mol. The van der Waals surface area contributed by atoms with Crippen molar-refractivity contribution in [3.8, 4) is 11.6 Å². The highest BCUT2D eigenvalue weighted by Gasteiger charge is 2.36. The molecule has 1 atom stereocenters. The Kier molecular flexibility index (Phi) is 6.55. The van der Waals surface area contributed by atoms with Crippen LogP contribution in [0.2, 0.25) is 0 Å². The maximum Gasteiger partial charge on any atom is 0.417 e. The normalized spacial score (nSPS) is 15.3. The molecule has 0 radical (unpaired) electrons. The molecular formula is C28H24BrF3N8O2. The van der Waals surface area contributed by atoms with E-state index in [4.69, 9.17) is 4.98 Å². The van der Waals surface area contributed by atoms with E-state index in [-0.39, 0.29) is 34.5 Å². The van der Waals surface area contributed by atoms with E-state index in [1.54, 1.807) is 34.8 Å². The summed E-state index contributed by atoms with van der Waals surface area (Å²) in [5, 5.41) is 4.54. The Bertz CT molecular complexity index is 1960. The third-order valence-corrected chi connectivity index (χ3v) is 8.06. The second kappa shape index (κ2) is 9.89. The van der Waals surface area contributed by atoms with E-state index in [9.17, 15) is 22.8 Å². The summed E-state index contributed by atoms with van der Waals surface area (Å²) < 4.78 is 45.2. The molecule has 5 heterocycles. The minimum atomic E-state index is -4.64. The molecule has 1 amide bonds. The maximum absolute atomic E-state index is 14.1. The van der Waals surface area contributed by atoms with Crippen LogP contribution < -0.4 is 5.56 Å². The lowest BCUT2D eigenvalue weighted by molar-refractivity contribution is -0.138. The predicted octanol–water partition coefficient (Wildman–Crippen LogP) is 4.69. The van der Waals surface area contributed by atoms with Crippen molar-refractivity contribution < 1.29 is 18.0 Å². The van der Waals surface area contributed by atoms with Crippen LogP contribution in [0, 0.1) is 13.8 Å². The Hall–Kier alpha value is -4.33. The number of hydrogen-bond donors (Lipinski definition) is 0. The summed E-state index contributed by atoms with van der Waals surface area (Å²) in [6, 6.07) is 6.50. The summed E-state index contributed by atoms with van der Waals surface area (Å²) in [6.07, 6.45) is -1.27. The summed E-state index contributed by atoms with van der Waals surface area (Å²) in [4.78, 5) is 42.8. The zero-order chi connectivity index (χ0) is 30.1. The fourth-order valence-electron chi connectivity index (χ4n) is 5.29. The third kappa shape index (κ3) is 4.59. The molecule has 0 saturated heterocycles. The fraction of sp³-hybridized carbons (Fsp3) is 0.286. The number of fused-ring (bicyclic) bond motifs is 2. The molecule has 1 aliphatic heterocycles. The Balaban J connectivity index is 1.48. The number of carbonyl (C=O) groups is 1. The van der Waals surface area contributed by atoms with Gasteiger partial charge in [-0.15, -0.1) is 0 Å². The van der Waals surface area contributed by atoms with Crippen molar-refractivity contribution in [3.05, 3.63) is 91.5 Å². The van der Waals surface area contributed by atoms with Crippen LogP contribution in [-0.2, 0) is 26.2 Å². The molecule has 42 heavy (non-hydrogen) atoms. The summed E-state index contributed by atoms with van der Waals surface area (Å²) in [5.41, 5.74) is 2.50. The van der Waals surface area contributed by atoms with E-state index in [2.05, 4.69) is 31.0 Å². The molecule has 14 heteroatoms. The second-order valence-electron chi connectivity index (χ2n) is 10.4. The molecule has 1 aromatic carbocycles. The topological polar surface area (TPSA) is 104 Å². The van der Waals surface area contributed by atoms with Crippen molar-refractivity contribution in [2.24, 2.45) is 7.05 Å². The molecule has 0 spiro atoms. The lowest BCUT2D eigenvalue weighted by Crippen LogP contribution is -2.46. The van der Waals surface area contributed by atoms with Gasteiger partial charge in [-0.3, -0.25) is 9.59 Å². The molecule has 5 aromatic rings. The highest BCUT2D eigenvalue weighted by molar-refractivity contribution is 9.10. The Morgan fingerprint density at radius 1 is 1.12 bits per heavy atom. The number of benzene rings is 1. The first kappa shape index (κ1) is 27.8. The van der Waals surface area contributed by atoms with Crippen molar-refractivity contribution in [1.82, 2.24) is 38.8 Å². The zero-order valence-corrected chi connectivity index (χ0v) is 24.5. The molecule has 0 aliphatic carbocycles. The molecule has 6 rings (SSSR count).